The highest BCUT2D eigenvalue weighted by molar-refractivity contribution is 7.93. The van der Waals surface area contributed by atoms with Crippen LogP contribution in [-0.2, 0) is 27.6 Å². The van der Waals surface area contributed by atoms with Crippen molar-refractivity contribution in [2.75, 3.05) is 11.3 Å². The van der Waals surface area contributed by atoms with Gasteiger partial charge in [0.05, 0.1) is 17.1 Å². The van der Waals surface area contributed by atoms with Crippen molar-refractivity contribution in [3.8, 4) is 0 Å². The number of esters is 1. The lowest BCUT2D eigenvalue weighted by molar-refractivity contribution is 0.0526. The number of carbonyl (C=O) groups is 1. The van der Waals surface area contributed by atoms with E-state index in [-0.39, 0.29) is 11.5 Å². The molecule has 0 bridgehead atoms. The molecule has 0 saturated carbocycles. The van der Waals surface area contributed by atoms with Crippen molar-refractivity contribution in [3.05, 3.63) is 45.3 Å². The zero-order valence-corrected chi connectivity index (χ0v) is 16.9. The van der Waals surface area contributed by atoms with Crippen LogP contribution >= 0.6 is 22.9 Å². The van der Waals surface area contributed by atoms with Crippen molar-refractivity contribution in [2.45, 2.75) is 38.0 Å². The van der Waals surface area contributed by atoms with Gasteiger partial charge in [0.15, 0.2) is 0 Å². The molecule has 3 rings (SSSR count). The first-order chi connectivity index (χ1) is 12.3. The number of carbonyl (C=O) groups excluding carboxylic acids is 1. The van der Waals surface area contributed by atoms with E-state index in [4.69, 9.17) is 16.3 Å². The molecule has 0 radical (unpaired) electrons. The minimum absolute atomic E-state index is 0.0939. The maximum absolute atomic E-state index is 12.7. The van der Waals surface area contributed by atoms with E-state index in [1.807, 2.05) is 0 Å². The Labute approximate surface area is 162 Å². The summed E-state index contributed by atoms with van der Waals surface area (Å²) in [5, 5.41) is 0.786. The average Bonchev–Trinajstić information content (AvgIpc) is 2.91. The maximum atomic E-state index is 12.7. The van der Waals surface area contributed by atoms with Gasteiger partial charge >= 0.3 is 5.97 Å². The number of fused-ring (bicyclic) bond motifs is 1. The summed E-state index contributed by atoms with van der Waals surface area (Å²) >= 11 is 7.16. The molecule has 1 atom stereocenters. The minimum Gasteiger partial charge on any atom is -0.462 e. The van der Waals surface area contributed by atoms with Gasteiger partial charge in [0, 0.05) is 9.90 Å². The Balaban J connectivity index is 2.01. The van der Waals surface area contributed by atoms with Crippen LogP contribution in [0.1, 0.15) is 41.1 Å². The third-order valence-electron chi connectivity index (χ3n) is 4.34. The molecule has 0 aliphatic heterocycles. The molecule has 1 aromatic carbocycles. The topological polar surface area (TPSA) is 72.5 Å². The Morgan fingerprint density at radius 1 is 1.35 bits per heavy atom. The SMILES string of the molecule is CCOC(=O)c1c(NS(=O)(=O)c2ccc(Cl)cc2)sc2c1CCC(C)C2. The predicted octanol–water partition coefficient (Wildman–Crippen LogP) is 4.50. The fourth-order valence-corrected chi connectivity index (χ4v) is 5.87. The molecule has 0 fully saturated rings. The standard InChI is InChI=1S/C18H20ClNO4S2/c1-3-24-18(21)16-14-9-4-11(2)10-15(14)25-17(16)20-26(22,23)13-7-5-12(19)6-8-13/h5-8,11,20H,3-4,9-10H2,1-2H3. The highest BCUT2D eigenvalue weighted by atomic mass is 35.5. The summed E-state index contributed by atoms with van der Waals surface area (Å²) in [6.45, 7) is 4.13. The van der Waals surface area contributed by atoms with Gasteiger partial charge in [0.1, 0.15) is 5.00 Å². The summed E-state index contributed by atoms with van der Waals surface area (Å²) in [7, 11) is -3.82. The summed E-state index contributed by atoms with van der Waals surface area (Å²) in [5.41, 5.74) is 1.27. The summed E-state index contributed by atoms with van der Waals surface area (Å²) in [4.78, 5) is 13.6. The van der Waals surface area contributed by atoms with Crippen molar-refractivity contribution in [3.63, 3.8) is 0 Å². The molecule has 1 heterocycles. The molecule has 5 nitrogen and oxygen atoms in total. The van der Waals surface area contributed by atoms with E-state index >= 15 is 0 Å². The van der Waals surface area contributed by atoms with Crippen molar-refractivity contribution < 1.29 is 17.9 Å². The number of ether oxygens (including phenoxy) is 1. The number of hydrogen-bond acceptors (Lipinski definition) is 5. The predicted molar refractivity (Wildman–Crippen MR) is 104 cm³/mol. The second-order valence-electron chi connectivity index (χ2n) is 6.34. The number of benzene rings is 1. The average molecular weight is 414 g/mol. The first-order valence-corrected chi connectivity index (χ1v) is 11.1. The van der Waals surface area contributed by atoms with Gasteiger partial charge in [-0.1, -0.05) is 18.5 Å². The lowest BCUT2D eigenvalue weighted by Gasteiger charge is -2.18. The molecule has 8 heteroatoms. The fourth-order valence-electron chi connectivity index (χ4n) is 3.04. The van der Waals surface area contributed by atoms with Gasteiger partial charge in [-0.2, -0.15) is 0 Å². The molecule has 140 valence electrons. The highest BCUT2D eigenvalue weighted by Crippen LogP contribution is 2.40. The monoisotopic (exact) mass is 413 g/mol. The molecule has 1 N–H and O–H groups in total. The van der Waals surface area contributed by atoms with Gasteiger partial charge in [-0.15, -0.1) is 11.3 Å². The number of thiophene rings is 1. The van der Waals surface area contributed by atoms with Gasteiger partial charge in [-0.25, -0.2) is 13.2 Å². The summed E-state index contributed by atoms with van der Waals surface area (Å²) in [6.07, 6.45) is 2.57. The van der Waals surface area contributed by atoms with Crippen molar-refractivity contribution in [1.82, 2.24) is 0 Å². The molecule has 0 saturated heterocycles. The Bertz CT molecular complexity index is 919. The lowest BCUT2D eigenvalue weighted by Crippen LogP contribution is -2.17. The summed E-state index contributed by atoms with van der Waals surface area (Å²) in [5.74, 6) is 0.0327. The van der Waals surface area contributed by atoms with Gasteiger partial charge in [0.25, 0.3) is 10.0 Å². The molecule has 26 heavy (non-hydrogen) atoms. The Kier molecular flexibility index (Phi) is 5.60. The Morgan fingerprint density at radius 3 is 2.69 bits per heavy atom. The summed E-state index contributed by atoms with van der Waals surface area (Å²) < 4.78 is 33.2. The second kappa shape index (κ2) is 7.58. The lowest BCUT2D eigenvalue weighted by atomic mass is 9.88. The van der Waals surface area contributed by atoms with Crippen molar-refractivity contribution in [2.24, 2.45) is 5.92 Å². The molecule has 2 aromatic rings. The molecule has 0 amide bonds. The van der Waals surface area contributed by atoms with Crippen LogP contribution in [-0.4, -0.2) is 21.0 Å². The van der Waals surface area contributed by atoms with Crippen LogP contribution in [0, 0.1) is 5.92 Å². The zero-order chi connectivity index (χ0) is 18.9. The number of sulfonamides is 1. The Morgan fingerprint density at radius 2 is 2.04 bits per heavy atom. The zero-order valence-electron chi connectivity index (χ0n) is 14.5. The summed E-state index contributed by atoms with van der Waals surface area (Å²) in [6, 6.07) is 5.90. The first-order valence-electron chi connectivity index (χ1n) is 8.42. The Hall–Kier alpha value is -1.57. The second-order valence-corrected chi connectivity index (χ2v) is 9.56. The van der Waals surface area contributed by atoms with Gasteiger partial charge < -0.3 is 4.74 Å². The molecule has 1 unspecified atom stereocenters. The van der Waals surface area contributed by atoms with Crippen LogP contribution in [0.4, 0.5) is 5.00 Å². The molecule has 1 aliphatic carbocycles. The van der Waals surface area contributed by atoms with Crippen molar-refractivity contribution >= 4 is 43.9 Å². The van der Waals surface area contributed by atoms with Crippen LogP contribution in [0.25, 0.3) is 0 Å². The number of nitrogens with one attached hydrogen (secondary N) is 1. The molecular formula is C18H20ClNO4S2. The number of rotatable bonds is 5. The third-order valence-corrected chi connectivity index (χ3v) is 7.26. The van der Waals surface area contributed by atoms with Gasteiger partial charge in [0.2, 0.25) is 0 Å². The van der Waals surface area contributed by atoms with Crippen LogP contribution in [0.2, 0.25) is 5.02 Å². The van der Waals surface area contributed by atoms with Gasteiger partial charge in [-0.3, -0.25) is 4.72 Å². The van der Waals surface area contributed by atoms with E-state index in [1.165, 1.54) is 35.6 Å². The van der Waals surface area contributed by atoms with E-state index in [1.54, 1.807) is 6.92 Å². The third kappa shape index (κ3) is 3.89. The van der Waals surface area contributed by atoms with E-state index in [0.29, 0.717) is 21.5 Å². The molecule has 1 aliphatic rings. The van der Waals surface area contributed by atoms with E-state index in [0.717, 1.165) is 29.7 Å². The normalized spacial score (nSPS) is 16.8. The molecular weight excluding hydrogens is 394 g/mol. The number of anilines is 1. The molecule has 1 aromatic heterocycles. The van der Waals surface area contributed by atoms with E-state index in [2.05, 4.69) is 11.6 Å². The minimum atomic E-state index is -3.82. The highest BCUT2D eigenvalue weighted by Gasteiger charge is 2.30. The molecule has 0 spiro atoms. The maximum Gasteiger partial charge on any atom is 0.341 e. The quantitative estimate of drug-likeness (QED) is 0.732. The fraction of sp³-hybridized carbons (Fsp3) is 0.389. The number of halogens is 1. The van der Waals surface area contributed by atoms with Crippen LogP contribution < -0.4 is 4.72 Å². The van der Waals surface area contributed by atoms with Crippen LogP contribution in [0.15, 0.2) is 29.2 Å². The largest absolute Gasteiger partial charge is 0.462 e. The van der Waals surface area contributed by atoms with Crippen LogP contribution in [0.5, 0.6) is 0 Å². The smallest absolute Gasteiger partial charge is 0.341 e. The van der Waals surface area contributed by atoms with Crippen molar-refractivity contribution in [1.29, 1.82) is 0 Å². The van der Waals surface area contributed by atoms with Crippen LogP contribution in [0.3, 0.4) is 0 Å². The number of hydrogen-bond donors (Lipinski definition) is 1. The first kappa shape index (κ1) is 19.2. The van der Waals surface area contributed by atoms with E-state index in [9.17, 15) is 13.2 Å². The van der Waals surface area contributed by atoms with Gasteiger partial charge in [-0.05, 0) is 61.9 Å². The van der Waals surface area contributed by atoms with E-state index < -0.39 is 16.0 Å².